The minimum atomic E-state index is -1.21. The minimum absolute atomic E-state index is 0.118. The van der Waals surface area contributed by atoms with E-state index in [1.807, 2.05) is 36.4 Å². The van der Waals surface area contributed by atoms with Crippen LogP contribution in [-0.4, -0.2) is 40.1 Å². The lowest BCUT2D eigenvalue weighted by Gasteiger charge is -2.15. The zero-order valence-electron chi connectivity index (χ0n) is 16.7. The number of nitrogens with two attached hydrogens (primary N) is 1. The number of carbonyl (C=O) groups excluding carboxylic acids is 1. The fourth-order valence-electron chi connectivity index (χ4n) is 3.22. The lowest BCUT2D eigenvalue weighted by atomic mass is 10.1. The van der Waals surface area contributed by atoms with Gasteiger partial charge in [0.1, 0.15) is 11.6 Å². The third-order valence-electron chi connectivity index (χ3n) is 4.79. The topological polar surface area (TPSA) is 150 Å². The molecule has 0 spiro atoms. The minimum Gasteiger partial charge on any atom is -0.480 e. The first-order valence-corrected chi connectivity index (χ1v) is 9.69. The molecular weight excluding hydrogens is 398 g/mol. The Morgan fingerprint density at radius 3 is 2.55 bits per heavy atom. The van der Waals surface area contributed by atoms with Crippen molar-refractivity contribution in [1.82, 2.24) is 15.2 Å². The van der Waals surface area contributed by atoms with Crippen LogP contribution in [0.5, 0.6) is 0 Å². The number of guanidine groups is 1. The highest BCUT2D eigenvalue weighted by molar-refractivity contribution is 5.96. The summed E-state index contributed by atoms with van der Waals surface area (Å²) in [6.07, 6.45) is 2.05. The van der Waals surface area contributed by atoms with Gasteiger partial charge in [0.2, 0.25) is 0 Å². The molecule has 1 amide bonds. The third-order valence-corrected chi connectivity index (χ3v) is 4.79. The molecule has 0 aliphatic rings. The highest BCUT2D eigenvalue weighted by Gasteiger charge is 2.22. The summed E-state index contributed by atoms with van der Waals surface area (Å²) in [5.41, 5.74) is 5.09. The van der Waals surface area contributed by atoms with Crippen molar-refractivity contribution in [3.63, 3.8) is 0 Å². The van der Waals surface area contributed by atoms with Crippen LogP contribution in [0.25, 0.3) is 16.5 Å². The Morgan fingerprint density at radius 2 is 1.84 bits per heavy atom. The number of aliphatic carboxylic acids is 1. The van der Waals surface area contributed by atoms with E-state index in [9.17, 15) is 19.5 Å². The second kappa shape index (κ2) is 9.57. The maximum atomic E-state index is 12.9. The van der Waals surface area contributed by atoms with E-state index in [4.69, 9.17) is 11.1 Å². The summed E-state index contributed by atoms with van der Waals surface area (Å²) in [6.45, 7) is 0.301. The fraction of sp³-hybridized carbons (Fsp3) is 0.182. The maximum Gasteiger partial charge on any atom is 0.326 e. The predicted molar refractivity (Wildman–Crippen MR) is 118 cm³/mol. The Labute approximate surface area is 178 Å². The van der Waals surface area contributed by atoms with E-state index in [0.29, 0.717) is 18.7 Å². The second-order valence-electron chi connectivity index (χ2n) is 6.98. The number of hydrogen-bond acceptors (Lipinski definition) is 4. The Bertz CT molecular complexity index is 1190. The zero-order valence-corrected chi connectivity index (χ0v) is 16.7. The molecule has 0 saturated carbocycles. The molecule has 1 heterocycles. The van der Waals surface area contributed by atoms with Crippen LogP contribution < -0.4 is 21.9 Å². The van der Waals surface area contributed by atoms with E-state index in [-0.39, 0.29) is 17.9 Å². The molecule has 2 aromatic carbocycles. The third kappa shape index (κ3) is 5.27. The van der Waals surface area contributed by atoms with Gasteiger partial charge >= 0.3 is 5.97 Å². The second-order valence-corrected chi connectivity index (χ2v) is 6.98. The quantitative estimate of drug-likeness (QED) is 0.211. The van der Waals surface area contributed by atoms with Crippen LogP contribution in [0.3, 0.4) is 0 Å². The average Bonchev–Trinajstić information content (AvgIpc) is 2.75. The molecule has 6 N–H and O–H groups in total. The molecule has 1 atom stereocenters. The van der Waals surface area contributed by atoms with Crippen molar-refractivity contribution in [2.75, 3.05) is 6.54 Å². The summed E-state index contributed by atoms with van der Waals surface area (Å²) in [5, 5.41) is 23.4. The van der Waals surface area contributed by atoms with Crippen LogP contribution in [0.1, 0.15) is 23.2 Å². The number of hydrogen-bond donors (Lipinski definition) is 5. The summed E-state index contributed by atoms with van der Waals surface area (Å²) in [7, 11) is 0. The van der Waals surface area contributed by atoms with Gasteiger partial charge in [0.15, 0.2) is 5.96 Å². The smallest absolute Gasteiger partial charge is 0.326 e. The Kier molecular flexibility index (Phi) is 6.66. The van der Waals surface area contributed by atoms with Crippen LogP contribution in [0.15, 0.2) is 65.6 Å². The van der Waals surface area contributed by atoms with Crippen LogP contribution in [-0.2, 0) is 4.79 Å². The summed E-state index contributed by atoms with van der Waals surface area (Å²) in [5.74, 6) is -2.18. The van der Waals surface area contributed by atoms with Crippen LogP contribution in [0.2, 0.25) is 0 Å². The normalized spacial score (nSPS) is 11.6. The van der Waals surface area contributed by atoms with Crippen molar-refractivity contribution in [2.24, 2.45) is 5.73 Å². The predicted octanol–water partition coefficient (Wildman–Crippen LogP) is 1.44. The van der Waals surface area contributed by atoms with E-state index in [2.05, 4.69) is 10.6 Å². The van der Waals surface area contributed by atoms with E-state index in [0.717, 1.165) is 10.8 Å². The number of carboxylic acids is 1. The van der Waals surface area contributed by atoms with Gasteiger partial charge in [0.05, 0.1) is 0 Å². The standard InChI is InChI=1S/C22H23N5O4/c23-22(24)25-11-3-8-18(21(30)31)26-19(28)17-7-4-12-27(20(17)29)16-10-9-14-5-1-2-6-15(14)13-16/h1-2,4-7,9-10,12-13,18H,3,8,11H2,(H,26,28)(H,30,31)(H4,23,24,25)/t18-/m0/s1. The molecule has 0 fully saturated rings. The molecule has 0 saturated heterocycles. The van der Waals surface area contributed by atoms with Crippen LogP contribution >= 0.6 is 0 Å². The Hall–Kier alpha value is -4.14. The van der Waals surface area contributed by atoms with Crippen molar-refractivity contribution in [3.8, 4) is 5.69 Å². The van der Waals surface area contributed by atoms with Gasteiger partial charge in [-0.05, 0) is 47.9 Å². The molecule has 9 nitrogen and oxygen atoms in total. The summed E-state index contributed by atoms with van der Waals surface area (Å²) in [6, 6.07) is 15.0. The molecule has 9 heteroatoms. The summed E-state index contributed by atoms with van der Waals surface area (Å²) < 4.78 is 1.36. The van der Waals surface area contributed by atoms with Gasteiger partial charge in [0.25, 0.3) is 11.5 Å². The van der Waals surface area contributed by atoms with E-state index < -0.39 is 23.5 Å². The number of pyridine rings is 1. The number of benzene rings is 2. The van der Waals surface area contributed by atoms with Gasteiger partial charge in [0, 0.05) is 18.4 Å². The maximum absolute atomic E-state index is 12.9. The molecule has 0 aliphatic carbocycles. The molecule has 0 aliphatic heterocycles. The van der Waals surface area contributed by atoms with Gasteiger partial charge < -0.3 is 21.5 Å². The Morgan fingerprint density at radius 1 is 1.10 bits per heavy atom. The Balaban J connectivity index is 1.80. The first-order chi connectivity index (χ1) is 14.9. The molecule has 0 bridgehead atoms. The first-order valence-electron chi connectivity index (χ1n) is 9.69. The zero-order chi connectivity index (χ0) is 22.4. The van der Waals surface area contributed by atoms with E-state index >= 15 is 0 Å². The van der Waals surface area contributed by atoms with Gasteiger partial charge in [-0.2, -0.15) is 0 Å². The SMILES string of the molecule is N=C(N)NCCC[C@H](NC(=O)c1cccn(-c2ccc3ccccc3c2)c1=O)C(=O)O. The van der Waals surface area contributed by atoms with E-state index in [1.165, 1.54) is 10.6 Å². The number of nitrogens with one attached hydrogen (secondary N) is 3. The summed E-state index contributed by atoms with van der Waals surface area (Å²) in [4.78, 5) is 37.1. The molecule has 3 rings (SSSR count). The van der Waals surface area contributed by atoms with Gasteiger partial charge in [-0.15, -0.1) is 0 Å². The number of carboxylic acid groups (broad SMARTS) is 1. The van der Waals surface area contributed by atoms with Crippen molar-refractivity contribution in [2.45, 2.75) is 18.9 Å². The monoisotopic (exact) mass is 421 g/mol. The lowest BCUT2D eigenvalue weighted by Crippen LogP contribution is -2.43. The van der Waals surface area contributed by atoms with Gasteiger partial charge in [-0.1, -0.05) is 30.3 Å². The number of fused-ring (bicyclic) bond motifs is 1. The van der Waals surface area contributed by atoms with Gasteiger partial charge in [-0.3, -0.25) is 19.6 Å². The van der Waals surface area contributed by atoms with Gasteiger partial charge in [-0.25, -0.2) is 4.79 Å². The number of amides is 1. The highest BCUT2D eigenvalue weighted by atomic mass is 16.4. The van der Waals surface area contributed by atoms with Crippen molar-refractivity contribution in [1.29, 1.82) is 5.41 Å². The highest BCUT2D eigenvalue weighted by Crippen LogP contribution is 2.17. The average molecular weight is 421 g/mol. The number of aromatic nitrogens is 1. The molecular formula is C22H23N5O4. The lowest BCUT2D eigenvalue weighted by molar-refractivity contribution is -0.139. The number of nitrogens with zero attached hydrogens (tertiary/aromatic N) is 1. The van der Waals surface area contributed by atoms with E-state index in [1.54, 1.807) is 18.3 Å². The van der Waals surface area contributed by atoms with Crippen molar-refractivity contribution in [3.05, 3.63) is 76.7 Å². The molecule has 160 valence electrons. The number of rotatable bonds is 8. The largest absolute Gasteiger partial charge is 0.480 e. The van der Waals surface area contributed by atoms with Crippen molar-refractivity contribution < 1.29 is 14.7 Å². The molecule has 0 unspecified atom stereocenters. The molecule has 31 heavy (non-hydrogen) atoms. The summed E-state index contributed by atoms with van der Waals surface area (Å²) >= 11 is 0. The molecule has 0 radical (unpaired) electrons. The number of carbonyl (C=O) groups is 2. The van der Waals surface area contributed by atoms with Crippen LogP contribution in [0, 0.1) is 5.41 Å². The fourth-order valence-corrected chi connectivity index (χ4v) is 3.22. The molecule has 1 aromatic heterocycles. The van der Waals surface area contributed by atoms with Crippen LogP contribution in [0.4, 0.5) is 0 Å². The first kappa shape index (κ1) is 21.6. The van der Waals surface area contributed by atoms with Crippen molar-refractivity contribution >= 4 is 28.6 Å². The molecule has 3 aromatic rings.